The maximum atomic E-state index is 13.6. The van der Waals surface area contributed by atoms with Crippen LogP contribution in [0.5, 0.6) is 0 Å². The lowest BCUT2D eigenvalue weighted by Crippen LogP contribution is -2.33. The first kappa shape index (κ1) is 23.9. The van der Waals surface area contributed by atoms with Crippen LogP contribution in [0.15, 0.2) is 90.1 Å². The Labute approximate surface area is 196 Å². The van der Waals surface area contributed by atoms with E-state index in [2.05, 4.69) is 10.2 Å². The molecule has 0 aliphatic rings. The zero-order valence-electron chi connectivity index (χ0n) is 17.5. The van der Waals surface area contributed by atoms with Gasteiger partial charge in [0, 0.05) is 11.4 Å². The fraction of sp³-hybridized carbons (Fsp3) is 0.167. The summed E-state index contributed by atoms with van der Waals surface area (Å²) in [5.41, 5.74) is -0.617. The van der Waals surface area contributed by atoms with Gasteiger partial charge in [-0.3, -0.25) is 4.57 Å². The highest BCUT2D eigenvalue weighted by Crippen LogP contribution is 2.38. The van der Waals surface area contributed by atoms with Crippen molar-refractivity contribution < 1.29 is 27.8 Å². The number of aliphatic hydroxyl groups is 2. The van der Waals surface area contributed by atoms with Gasteiger partial charge >= 0.3 is 6.18 Å². The molecule has 0 aliphatic carbocycles. The second-order valence-electron chi connectivity index (χ2n) is 7.43. The lowest BCUT2D eigenvalue weighted by atomic mass is 9.85. The Morgan fingerprint density at radius 2 is 1.35 bits per heavy atom. The van der Waals surface area contributed by atoms with Gasteiger partial charge in [0.2, 0.25) is 0 Å². The van der Waals surface area contributed by atoms with E-state index in [1.807, 2.05) is 0 Å². The first-order valence-electron chi connectivity index (χ1n) is 10.1. The van der Waals surface area contributed by atoms with E-state index in [0.29, 0.717) is 28.6 Å². The molecule has 4 rings (SSSR count). The number of aromatic nitrogens is 3. The summed E-state index contributed by atoms with van der Waals surface area (Å²) in [5.74, 6) is -1.25. The van der Waals surface area contributed by atoms with Crippen LogP contribution >= 0.6 is 11.8 Å². The van der Waals surface area contributed by atoms with E-state index in [4.69, 9.17) is 0 Å². The maximum absolute atomic E-state index is 13.6. The smallest absolute Gasteiger partial charge is 0.383 e. The van der Waals surface area contributed by atoms with Crippen molar-refractivity contribution in [3.63, 3.8) is 0 Å². The average Bonchev–Trinajstić information content (AvgIpc) is 3.27. The molecule has 0 saturated heterocycles. The highest BCUT2D eigenvalue weighted by atomic mass is 32.2. The van der Waals surface area contributed by atoms with Gasteiger partial charge in [-0.2, -0.15) is 13.2 Å². The summed E-state index contributed by atoms with van der Waals surface area (Å²) in [7, 11) is 0. The molecule has 0 saturated carbocycles. The summed E-state index contributed by atoms with van der Waals surface area (Å²) in [6.07, 6.45) is -7.38. The van der Waals surface area contributed by atoms with Crippen LogP contribution in [0.1, 0.15) is 17.0 Å². The summed E-state index contributed by atoms with van der Waals surface area (Å²) < 4.78 is 53.6. The quantitative estimate of drug-likeness (QED) is 0.291. The maximum Gasteiger partial charge on any atom is 0.415 e. The standard InChI is InChI=1S/C24H19F4N3O2S/c25-18-11-13-19(14-12-18)31-21(29-30-22(31)34-15-20(32)24(26,27)28)23(33,16-7-3-1-4-8-16)17-9-5-2-6-10-17/h1-14,20,32-33H,15H2/t20-/m1/s1. The van der Waals surface area contributed by atoms with Gasteiger partial charge in [-0.05, 0) is 35.4 Å². The number of hydrogen-bond donors (Lipinski definition) is 2. The van der Waals surface area contributed by atoms with E-state index in [-0.39, 0.29) is 11.0 Å². The van der Waals surface area contributed by atoms with Crippen molar-refractivity contribution in [2.75, 3.05) is 5.75 Å². The summed E-state index contributed by atoms with van der Waals surface area (Å²) in [6.45, 7) is 0. The average molecular weight is 489 g/mol. The van der Waals surface area contributed by atoms with Crippen molar-refractivity contribution in [3.8, 4) is 5.69 Å². The van der Waals surface area contributed by atoms with Crippen LogP contribution < -0.4 is 0 Å². The number of hydrogen-bond acceptors (Lipinski definition) is 5. The Bertz CT molecular complexity index is 1190. The SMILES string of the molecule is O[C@H](CSc1nnc(C(O)(c2ccccc2)c2ccccc2)n1-c1ccc(F)cc1)C(F)(F)F. The Kier molecular flexibility index (Phi) is 6.74. The molecule has 1 aromatic heterocycles. The molecule has 0 aliphatic heterocycles. The van der Waals surface area contributed by atoms with Crippen LogP contribution in [0.4, 0.5) is 17.6 Å². The van der Waals surface area contributed by atoms with E-state index in [9.17, 15) is 27.8 Å². The minimum Gasteiger partial charge on any atom is -0.383 e. The third-order valence-corrected chi connectivity index (χ3v) is 6.18. The molecular formula is C24H19F4N3O2S. The van der Waals surface area contributed by atoms with Crippen LogP contribution in [0.3, 0.4) is 0 Å². The predicted molar refractivity (Wildman–Crippen MR) is 119 cm³/mol. The molecule has 0 spiro atoms. The molecule has 10 heteroatoms. The van der Waals surface area contributed by atoms with Gasteiger partial charge in [0.15, 0.2) is 22.7 Å². The van der Waals surface area contributed by atoms with E-state index in [0.717, 1.165) is 0 Å². The normalized spacial score (nSPS) is 13.1. The highest BCUT2D eigenvalue weighted by Gasteiger charge is 2.41. The summed E-state index contributed by atoms with van der Waals surface area (Å²) in [5, 5.41) is 29.8. The van der Waals surface area contributed by atoms with E-state index >= 15 is 0 Å². The van der Waals surface area contributed by atoms with Crippen molar-refractivity contribution >= 4 is 11.8 Å². The van der Waals surface area contributed by atoms with Gasteiger partial charge in [-0.1, -0.05) is 72.4 Å². The third kappa shape index (κ3) is 4.70. The Balaban J connectivity index is 1.90. The molecule has 4 aromatic rings. The van der Waals surface area contributed by atoms with Crippen LogP contribution in [-0.2, 0) is 5.60 Å². The molecule has 0 bridgehead atoms. The molecule has 2 N–H and O–H groups in total. The largest absolute Gasteiger partial charge is 0.415 e. The van der Waals surface area contributed by atoms with Gasteiger partial charge in [-0.25, -0.2) is 4.39 Å². The lowest BCUT2D eigenvalue weighted by molar-refractivity contribution is -0.195. The third-order valence-electron chi connectivity index (χ3n) is 5.17. The van der Waals surface area contributed by atoms with Crippen molar-refractivity contribution in [3.05, 3.63) is 108 Å². The number of nitrogens with zero attached hydrogens (tertiary/aromatic N) is 3. The van der Waals surface area contributed by atoms with Crippen LogP contribution in [0, 0.1) is 5.82 Å². The van der Waals surface area contributed by atoms with E-state index in [1.165, 1.54) is 28.8 Å². The number of rotatable bonds is 7. The lowest BCUT2D eigenvalue weighted by Gasteiger charge is -2.29. The second kappa shape index (κ2) is 9.57. The zero-order chi connectivity index (χ0) is 24.3. The molecular weight excluding hydrogens is 470 g/mol. The van der Waals surface area contributed by atoms with Gasteiger partial charge in [-0.15, -0.1) is 10.2 Å². The first-order chi connectivity index (χ1) is 16.2. The summed E-state index contributed by atoms with van der Waals surface area (Å²) in [6, 6.07) is 22.4. The van der Waals surface area contributed by atoms with Gasteiger partial charge in [0.1, 0.15) is 5.82 Å². The van der Waals surface area contributed by atoms with E-state index in [1.54, 1.807) is 60.7 Å². The van der Waals surface area contributed by atoms with Crippen molar-refractivity contribution in [1.29, 1.82) is 0 Å². The van der Waals surface area contributed by atoms with Gasteiger partial charge in [0.25, 0.3) is 0 Å². The zero-order valence-corrected chi connectivity index (χ0v) is 18.3. The molecule has 0 amide bonds. The van der Waals surface area contributed by atoms with Crippen molar-refractivity contribution in [2.24, 2.45) is 0 Å². The Hall–Kier alpha value is -3.21. The highest BCUT2D eigenvalue weighted by molar-refractivity contribution is 7.99. The fourth-order valence-corrected chi connectivity index (χ4v) is 4.37. The Morgan fingerprint density at radius 3 is 1.85 bits per heavy atom. The second-order valence-corrected chi connectivity index (χ2v) is 8.42. The van der Waals surface area contributed by atoms with Gasteiger partial charge < -0.3 is 10.2 Å². The molecule has 1 atom stereocenters. The topological polar surface area (TPSA) is 71.2 Å². The first-order valence-corrected chi connectivity index (χ1v) is 11.1. The number of thioether (sulfide) groups is 1. The van der Waals surface area contributed by atoms with Crippen LogP contribution in [-0.4, -0.2) is 43.0 Å². The fourth-order valence-electron chi connectivity index (χ4n) is 3.45. The molecule has 0 unspecified atom stereocenters. The summed E-state index contributed by atoms with van der Waals surface area (Å²) >= 11 is 0.623. The molecule has 3 aromatic carbocycles. The van der Waals surface area contributed by atoms with Crippen LogP contribution in [0.2, 0.25) is 0 Å². The van der Waals surface area contributed by atoms with E-state index < -0.39 is 29.5 Å². The van der Waals surface area contributed by atoms with Crippen molar-refractivity contribution in [1.82, 2.24) is 14.8 Å². The Morgan fingerprint density at radius 1 is 0.824 bits per heavy atom. The molecule has 34 heavy (non-hydrogen) atoms. The number of aliphatic hydroxyl groups excluding tert-OH is 1. The molecule has 5 nitrogen and oxygen atoms in total. The molecule has 0 radical (unpaired) electrons. The minimum absolute atomic E-state index is 0.000469. The monoisotopic (exact) mass is 489 g/mol. The number of alkyl halides is 3. The molecule has 1 heterocycles. The van der Waals surface area contributed by atoms with Gasteiger partial charge in [0.05, 0.1) is 0 Å². The molecule has 176 valence electrons. The number of halogens is 4. The number of benzene rings is 3. The van der Waals surface area contributed by atoms with Crippen LogP contribution in [0.25, 0.3) is 5.69 Å². The van der Waals surface area contributed by atoms with Crippen molar-refractivity contribution in [2.45, 2.75) is 23.0 Å². The minimum atomic E-state index is -4.80. The molecule has 0 fully saturated rings. The predicted octanol–water partition coefficient (Wildman–Crippen LogP) is 4.71. The summed E-state index contributed by atoms with van der Waals surface area (Å²) in [4.78, 5) is 0.